The van der Waals surface area contributed by atoms with Crippen LogP contribution in [0.3, 0.4) is 0 Å². The van der Waals surface area contributed by atoms with Crippen LogP contribution in [-0.2, 0) is 16.0 Å². The highest BCUT2D eigenvalue weighted by atomic mass is 19.1. The predicted molar refractivity (Wildman–Crippen MR) is 132 cm³/mol. The summed E-state index contributed by atoms with van der Waals surface area (Å²) in [5.74, 6) is -0.754. The van der Waals surface area contributed by atoms with Crippen molar-refractivity contribution in [2.24, 2.45) is 5.92 Å². The lowest BCUT2D eigenvalue weighted by atomic mass is 9.87. The predicted octanol–water partition coefficient (Wildman–Crippen LogP) is 3.81. The quantitative estimate of drug-likeness (QED) is 0.657. The molecule has 2 aliphatic heterocycles. The van der Waals surface area contributed by atoms with Crippen molar-refractivity contribution in [3.63, 3.8) is 0 Å². The fraction of sp³-hybridized carbons (Fsp3) is 0.464. The summed E-state index contributed by atoms with van der Waals surface area (Å²) in [4.78, 5) is 42.9. The van der Waals surface area contributed by atoms with Crippen LogP contribution in [-0.4, -0.2) is 59.7 Å². The number of nitrogens with zero attached hydrogens (tertiary/aromatic N) is 2. The molecule has 0 spiro atoms. The average molecular weight is 480 g/mol. The van der Waals surface area contributed by atoms with Crippen molar-refractivity contribution in [1.82, 2.24) is 15.1 Å². The van der Waals surface area contributed by atoms with E-state index in [0.29, 0.717) is 57.4 Å². The van der Waals surface area contributed by atoms with Crippen molar-refractivity contribution < 1.29 is 18.8 Å². The van der Waals surface area contributed by atoms with Gasteiger partial charge in [0, 0.05) is 38.2 Å². The number of halogens is 1. The lowest BCUT2D eigenvalue weighted by Gasteiger charge is -2.38. The average Bonchev–Trinajstić information content (AvgIpc) is 2.91. The minimum absolute atomic E-state index is 0.0472. The van der Waals surface area contributed by atoms with E-state index in [1.54, 1.807) is 0 Å². The normalized spacial score (nSPS) is 17.6. The lowest BCUT2D eigenvalue weighted by Crippen LogP contribution is -2.55. The van der Waals surface area contributed by atoms with Gasteiger partial charge in [-0.05, 0) is 74.3 Å². The van der Waals surface area contributed by atoms with Crippen molar-refractivity contribution in [2.45, 2.75) is 51.0 Å². The van der Waals surface area contributed by atoms with Gasteiger partial charge in [0.15, 0.2) is 0 Å². The van der Waals surface area contributed by atoms with Gasteiger partial charge in [-0.15, -0.1) is 0 Å². The van der Waals surface area contributed by atoms with E-state index < -0.39 is 11.9 Å². The monoisotopic (exact) mass is 479 g/mol. The third-order valence-corrected chi connectivity index (χ3v) is 7.16. The highest BCUT2D eigenvalue weighted by Gasteiger charge is 2.36. The Hall–Kier alpha value is -3.22. The SMILES string of the molecule is O=C(NC(C(=O)N1CCCCC1)C1CCN(C(=O)CCc2ccccc2)CC1)c1ccc(F)cc1. The summed E-state index contributed by atoms with van der Waals surface area (Å²) in [5.41, 5.74) is 1.47. The van der Waals surface area contributed by atoms with E-state index in [2.05, 4.69) is 5.32 Å². The first-order valence-corrected chi connectivity index (χ1v) is 12.7. The molecule has 0 radical (unpaired) electrons. The zero-order valence-electron chi connectivity index (χ0n) is 20.1. The first-order chi connectivity index (χ1) is 17.0. The van der Waals surface area contributed by atoms with E-state index in [1.165, 1.54) is 24.3 Å². The Morgan fingerprint density at radius 3 is 2.17 bits per heavy atom. The van der Waals surface area contributed by atoms with Gasteiger partial charge >= 0.3 is 0 Å². The minimum Gasteiger partial charge on any atom is -0.343 e. The fourth-order valence-electron chi connectivity index (χ4n) is 5.05. The number of carbonyl (C=O) groups excluding carboxylic acids is 3. The van der Waals surface area contributed by atoms with Crippen LogP contribution >= 0.6 is 0 Å². The number of benzene rings is 2. The Morgan fingerprint density at radius 1 is 0.857 bits per heavy atom. The van der Waals surface area contributed by atoms with Gasteiger partial charge in [-0.25, -0.2) is 4.39 Å². The van der Waals surface area contributed by atoms with E-state index in [0.717, 1.165) is 24.8 Å². The molecule has 0 aliphatic carbocycles. The highest BCUT2D eigenvalue weighted by molar-refractivity contribution is 5.97. The van der Waals surface area contributed by atoms with E-state index in [9.17, 15) is 18.8 Å². The van der Waals surface area contributed by atoms with E-state index >= 15 is 0 Å². The number of amides is 3. The number of piperidine rings is 2. The van der Waals surface area contributed by atoms with E-state index in [1.807, 2.05) is 40.1 Å². The van der Waals surface area contributed by atoms with Gasteiger partial charge in [0.1, 0.15) is 11.9 Å². The Balaban J connectivity index is 1.38. The third-order valence-electron chi connectivity index (χ3n) is 7.16. The highest BCUT2D eigenvalue weighted by Crippen LogP contribution is 2.24. The number of rotatable bonds is 7. The van der Waals surface area contributed by atoms with Crippen molar-refractivity contribution in [3.8, 4) is 0 Å². The molecule has 186 valence electrons. The molecule has 0 bridgehead atoms. The van der Waals surface area contributed by atoms with Crippen LogP contribution in [0.4, 0.5) is 4.39 Å². The Bertz CT molecular complexity index is 998. The maximum atomic E-state index is 13.5. The molecule has 2 saturated heterocycles. The number of hydrogen-bond acceptors (Lipinski definition) is 3. The summed E-state index contributed by atoms with van der Waals surface area (Å²) >= 11 is 0. The second kappa shape index (κ2) is 12.0. The molecule has 1 unspecified atom stereocenters. The molecule has 2 heterocycles. The van der Waals surface area contributed by atoms with Crippen LogP contribution in [0.5, 0.6) is 0 Å². The first kappa shape index (κ1) is 24.9. The van der Waals surface area contributed by atoms with Crippen molar-refractivity contribution in [2.75, 3.05) is 26.2 Å². The molecule has 3 amide bonds. The standard InChI is InChI=1S/C28H34FN3O3/c29-24-12-10-23(11-13-24)27(34)30-26(28(35)32-17-5-2-6-18-32)22-15-19-31(20-16-22)25(33)14-9-21-7-3-1-4-8-21/h1,3-4,7-8,10-13,22,26H,2,5-6,9,14-20H2,(H,30,34). The molecule has 0 saturated carbocycles. The number of nitrogens with one attached hydrogen (secondary N) is 1. The largest absolute Gasteiger partial charge is 0.343 e. The summed E-state index contributed by atoms with van der Waals surface area (Å²) < 4.78 is 13.3. The molecular formula is C28H34FN3O3. The van der Waals surface area contributed by atoms with Crippen molar-refractivity contribution in [3.05, 3.63) is 71.5 Å². The van der Waals surface area contributed by atoms with Gasteiger partial charge in [0.05, 0.1) is 0 Å². The zero-order valence-corrected chi connectivity index (χ0v) is 20.1. The van der Waals surface area contributed by atoms with Crippen LogP contribution in [0.2, 0.25) is 0 Å². The third kappa shape index (κ3) is 6.68. The summed E-state index contributed by atoms with van der Waals surface area (Å²) in [7, 11) is 0. The molecule has 2 aromatic carbocycles. The van der Waals surface area contributed by atoms with Crippen LogP contribution < -0.4 is 5.32 Å². The molecule has 2 aromatic rings. The lowest BCUT2D eigenvalue weighted by molar-refractivity contribution is -0.137. The van der Waals surface area contributed by atoms with Crippen LogP contribution in [0.1, 0.15) is 54.4 Å². The molecule has 35 heavy (non-hydrogen) atoms. The second-order valence-electron chi connectivity index (χ2n) is 9.55. The maximum absolute atomic E-state index is 13.5. The summed E-state index contributed by atoms with van der Waals surface area (Å²) in [6.07, 6.45) is 5.54. The van der Waals surface area contributed by atoms with Crippen molar-refractivity contribution >= 4 is 17.7 Å². The van der Waals surface area contributed by atoms with Crippen LogP contribution in [0, 0.1) is 11.7 Å². The number of likely N-dealkylation sites (tertiary alicyclic amines) is 2. The minimum atomic E-state index is -0.646. The molecule has 2 aliphatic rings. The Morgan fingerprint density at radius 2 is 1.51 bits per heavy atom. The van der Waals surface area contributed by atoms with E-state index in [4.69, 9.17) is 0 Å². The number of hydrogen-bond donors (Lipinski definition) is 1. The molecule has 6 nitrogen and oxygen atoms in total. The smallest absolute Gasteiger partial charge is 0.251 e. The number of carbonyl (C=O) groups is 3. The van der Waals surface area contributed by atoms with Crippen molar-refractivity contribution in [1.29, 1.82) is 0 Å². The molecular weight excluding hydrogens is 445 g/mol. The van der Waals surface area contributed by atoms with Gasteiger partial charge in [-0.1, -0.05) is 30.3 Å². The topological polar surface area (TPSA) is 69.7 Å². The zero-order chi connectivity index (χ0) is 24.6. The van der Waals surface area contributed by atoms with Gasteiger partial charge < -0.3 is 15.1 Å². The Kier molecular flexibility index (Phi) is 8.50. The molecule has 4 rings (SSSR count). The second-order valence-corrected chi connectivity index (χ2v) is 9.55. The summed E-state index contributed by atoms with van der Waals surface area (Å²) in [5, 5.41) is 2.95. The van der Waals surface area contributed by atoms with Gasteiger partial charge in [-0.3, -0.25) is 14.4 Å². The number of aryl methyl sites for hydroxylation is 1. The molecule has 1 atom stereocenters. The van der Waals surface area contributed by atoms with Gasteiger partial charge in [0.2, 0.25) is 11.8 Å². The van der Waals surface area contributed by atoms with Crippen LogP contribution in [0.25, 0.3) is 0 Å². The Labute approximate surface area is 206 Å². The molecule has 1 N–H and O–H groups in total. The summed E-state index contributed by atoms with van der Waals surface area (Å²) in [6.45, 7) is 2.57. The molecule has 7 heteroatoms. The maximum Gasteiger partial charge on any atom is 0.251 e. The van der Waals surface area contributed by atoms with Gasteiger partial charge in [0.25, 0.3) is 5.91 Å². The summed E-state index contributed by atoms with van der Waals surface area (Å²) in [6, 6.07) is 14.7. The van der Waals surface area contributed by atoms with E-state index in [-0.39, 0.29) is 23.6 Å². The fourth-order valence-corrected chi connectivity index (χ4v) is 5.05. The van der Waals surface area contributed by atoms with Crippen LogP contribution in [0.15, 0.2) is 54.6 Å². The van der Waals surface area contributed by atoms with Gasteiger partial charge in [-0.2, -0.15) is 0 Å². The molecule has 0 aromatic heterocycles. The molecule has 2 fully saturated rings. The first-order valence-electron chi connectivity index (χ1n) is 12.7.